The van der Waals surface area contributed by atoms with Crippen LogP contribution < -0.4 is 0 Å². The summed E-state index contributed by atoms with van der Waals surface area (Å²) in [4.78, 5) is 0. The fourth-order valence-corrected chi connectivity index (χ4v) is 8.39. The highest BCUT2D eigenvalue weighted by Gasteiger charge is 2.40. The van der Waals surface area contributed by atoms with E-state index in [1.807, 2.05) is 6.08 Å². The first-order valence-electron chi connectivity index (χ1n) is 20.4. The largest absolute Gasteiger partial charge is 0.394 e. The second-order valence-electron chi connectivity index (χ2n) is 16.7. The van der Waals surface area contributed by atoms with E-state index < -0.39 is 0 Å². The Balaban J connectivity index is 0.000000340. The van der Waals surface area contributed by atoms with Gasteiger partial charge in [-0.1, -0.05) is 103 Å². The molecule has 51 heavy (non-hydrogen) atoms. The van der Waals surface area contributed by atoms with Crippen LogP contribution in [-0.4, -0.2) is 82.4 Å². The number of hydrogen-bond acceptors (Lipinski definition) is 8. The molecule has 0 amide bonds. The Labute approximate surface area is 315 Å². The standard InChI is InChI=1S/C11H22O2.C11H20O2.C11H22O.C10H20O3/c2*1-6-10-8(3)7(2)9(4)11(12-5)13-10;1-6-11-9(4)7(2)8(3)10(5)12-11;1-6-7(2)9(5-11)13-10(12-4)8(6)3/h7-11H,6H2,1-5H3;6-11H,1H2,2-5H3;7-11H,6H2,1-5H3;6-11H,5H2,1-4H3/t2*7?,8-,9+,10?,11+;7?,8-,9+,10?,11?;6?,7-,8+,9?,10+/m1101/s1. The zero-order valence-electron chi connectivity index (χ0n) is 36.3. The lowest BCUT2D eigenvalue weighted by atomic mass is 9.76. The molecule has 0 saturated carbocycles. The van der Waals surface area contributed by atoms with E-state index in [2.05, 4.69) is 110 Å². The molecule has 4 aliphatic rings. The Morgan fingerprint density at radius 1 is 0.451 bits per heavy atom. The topological polar surface area (TPSA) is 84.8 Å². The van der Waals surface area contributed by atoms with Crippen molar-refractivity contribution >= 4 is 0 Å². The van der Waals surface area contributed by atoms with Crippen molar-refractivity contribution in [3.05, 3.63) is 12.7 Å². The van der Waals surface area contributed by atoms with Crippen LogP contribution in [0.15, 0.2) is 12.7 Å². The maximum atomic E-state index is 9.10. The van der Waals surface area contributed by atoms with Crippen LogP contribution in [0.2, 0.25) is 0 Å². The molecule has 0 bridgehead atoms. The van der Waals surface area contributed by atoms with E-state index in [1.54, 1.807) is 21.3 Å². The molecule has 0 aromatic rings. The van der Waals surface area contributed by atoms with Crippen LogP contribution in [0.5, 0.6) is 0 Å². The summed E-state index contributed by atoms with van der Waals surface area (Å²) in [5.74, 6) is 6.97. The minimum Gasteiger partial charge on any atom is -0.394 e. The van der Waals surface area contributed by atoms with E-state index in [0.717, 1.165) is 24.7 Å². The number of hydrogen-bond donors (Lipinski definition) is 1. The monoisotopic (exact) mass is 729 g/mol. The van der Waals surface area contributed by atoms with Gasteiger partial charge in [0.05, 0.1) is 37.1 Å². The molecule has 4 heterocycles. The predicted molar refractivity (Wildman–Crippen MR) is 209 cm³/mol. The summed E-state index contributed by atoms with van der Waals surface area (Å²) in [5, 5.41) is 9.10. The minimum atomic E-state index is -0.164. The lowest BCUT2D eigenvalue weighted by Crippen LogP contribution is -2.46. The molecule has 8 nitrogen and oxygen atoms in total. The van der Waals surface area contributed by atoms with Crippen LogP contribution in [0.3, 0.4) is 0 Å². The SMILES string of the molecule is C=CC1O[C@H](OC)[C@@H](C)C(C)[C@H]1C.CCC1OC(C)[C@@H](C)C(C)[C@H]1C.CCC1O[C@H](OC)[C@@H](C)C(C)[C@H]1C.CO[C@H]1OC(CO)[C@H](C)C(C)[C@@H]1C. The van der Waals surface area contributed by atoms with E-state index in [-0.39, 0.29) is 37.7 Å². The first-order valence-corrected chi connectivity index (χ1v) is 20.4. The highest BCUT2D eigenvalue weighted by Crippen LogP contribution is 2.38. The van der Waals surface area contributed by atoms with Crippen LogP contribution >= 0.6 is 0 Å². The van der Waals surface area contributed by atoms with Crippen LogP contribution in [0, 0.1) is 71.0 Å². The molecule has 4 aliphatic heterocycles. The molecule has 9 unspecified atom stereocenters. The highest BCUT2D eigenvalue weighted by molar-refractivity contribution is 4.92. The van der Waals surface area contributed by atoms with E-state index in [0.29, 0.717) is 77.5 Å². The van der Waals surface area contributed by atoms with Gasteiger partial charge in [-0.05, 0) is 73.0 Å². The maximum absolute atomic E-state index is 9.10. The van der Waals surface area contributed by atoms with Crippen LogP contribution in [0.1, 0.15) is 117 Å². The molecule has 4 saturated heterocycles. The molecular weight excluding hydrogens is 644 g/mol. The lowest BCUT2D eigenvalue weighted by molar-refractivity contribution is -0.244. The number of methoxy groups -OCH3 is 3. The van der Waals surface area contributed by atoms with Crippen molar-refractivity contribution in [3.63, 3.8) is 0 Å². The lowest BCUT2D eigenvalue weighted by Gasteiger charge is -2.42. The van der Waals surface area contributed by atoms with Crippen molar-refractivity contribution in [3.8, 4) is 0 Å². The van der Waals surface area contributed by atoms with E-state index in [1.165, 1.54) is 0 Å². The van der Waals surface area contributed by atoms with E-state index >= 15 is 0 Å². The summed E-state index contributed by atoms with van der Waals surface area (Å²) < 4.78 is 39.0. The Morgan fingerprint density at radius 2 is 0.784 bits per heavy atom. The summed E-state index contributed by atoms with van der Waals surface area (Å²) in [6.07, 6.45) is 5.24. The van der Waals surface area contributed by atoms with Gasteiger partial charge in [0, 0.05) is 39.1 Å². The quantitative estimate of drug-likeness (QED) is 0.260. The summed E-state index contributed by atoms with van der Waals surface area (Å²) in [6, 6.07) is 0. The average molecular weight is 729 g/mol. The number of aliphatic hydroxyl groups is 1. The van der Waals surface area contributed by atoms with Crippen molar-refractivity contribution in [2.45, 2.75) is 166 Å². The van der Waals surface area contributed by atoms with Gasteiger partial charge in [0.15, 0.2) is 18.9 Å². The third kappa shape index (κ3) is 12.7. The minimum absolute atomic E-state index is 0.00356. The van der Waals surface area contributed by atoms with Gasteiger partial charge in [-0.2, -0.15) is 0 Å². The second kappa shape index (κ2) is 23.4. The zero-order chi connectivity index (χ0) is 39.3. The predicted octanol–water partition coefficient (Wildman–Crippen LogP) is 9.48. The van der Waals surface area contributed by atoms with Gasteiger partial charge in [-0.15, -0.1) is 6.58 Å². The van der Waals surface area contributed by atoms with Gasteiger partial charge in [-0.3, -0.25) is 0 Å². The van der Waals surface area contributed by atoms with Gasteiger partial charge in [-0.25, -0.2) is 0 Å². The Kier molecular flexibility index (Phi) is 22.2. The molecule has 0 aromatic carbocycles. The third-order valence-corrected chi connectivity index (χ3v) is 14.2. The van der Waals surface area contributed by atoms with Gasteiger partial charge in [0.1, 0.15) is 0 Å². The van der Waals surface area contributed by atoms with Crippen LogP contribution in [0.4, 0.5) is 0 Å². The molecule has 1 N–H and O–H groups in total. The first kappa shape index (κ1) is 48.4. The molecule has 0 radical (unpaired) electrons. The van der Waals surface area contributed by atoms with E-state index in [9.17, 15) is 0 Å². The Hall–Kier alpha value is -0.580. The van der Waals surface area contributed by atoms with Crippen molar-refractivity contribution in [1.82, 2.24) is 0 Å². The molecule has 304 valence electrons. The molecule has 4 rings (SSSR count). The molecule has 20 atom stereocenters. The van der Waals surface area contributed by atoms with Gasteiger partial charge < -0.3 is 38.3 Å². The maximum Gasteiger partial charge on any atom is 0.160 e. The van der Waals surface area contributed by atoms with Crippen LogP contribution in [0.25, 0.3) is 0 Å². The average Bonchev–Trinajstić information content (AvgIpc) is 3.14. The molecule has 0 aromatic heterocycles. The fraction of sp³-hybridized carbons (Fsp3) is 0.953. The van der Waals surface area contributed by atoms with Gasteiger partial charge in [0.2, 0.25) is 0 Å². The molecule has 4 fully saturated rings. The number of ether oxygens (including phenoxy) is 7. The van der Waals surface area contributed by atoms with Crippen molar-refractivity contribution in [2.24, 2.45) is 71.0 Å². The van der Waals surface area contributed by atoms with Gasteiger partial charge >= 0.3 is 0 Å². The molecule has 0 spiro atoms. The highest BCUT2D eigenvalue weighted by atomic mass is 16.7. The van der Waals surface area contributed by atoms with Crippen molar-refractivity contribution in [1.29, 1.82) is 0 Å². The summed E-state index contributed by atoms with van der Waals surface area (Å²) in [5.41, 5.74) is 0. The van der Waals surface area contributed by atoms with Gasteiger partial charge in [0.25, 0.3) is 0 Å². The third-order valence-electron chi connectivity index (χ3n) is 14.2. The molecule has 8 heteroatoms. The van der Waals surface area contributed by atoms with Crippen LogP contribution in [-0.2, 0) is 33.2 Å². The molecular formula is C43H84O8. The smallest absolute Gasteiger partial charge is 0.160 e. The fourth-order valence-electron chi connectivity index (χ4n) is 8.39. The Morgan fingerprint density at radius 3 is 1.16 bits per heavy atom. The zero-order valence-corrected chi connectivity index (χ0v) is 36.3. The number of rotatable bonds is 7. The number of aliphatic hydroxyl groups excluding tert-OH is 1. The summed E-state index contributed by atoms with van der Waals surface area (Å²) in [7, 11) is 5.08. The normalized spacial score (nSPS) is 47.0. The summed E-state index contributed by atoms with van der Waals surface area (Å²) in [6.45, 7) is 37.3. The summed E-state index contributed by atoms with van der Waals surface area (Å²) >= 11 is 0. The van der Waals surface area contributed by atoms with Crippen molar-refractivity contribution < 1.29 is 38.3 Å². The Bertz CT molecular complexity index is 851. The molecule has 0 aliphatic carbocycles. The second-order valence-corrected chi connectivity index (χ2v) is 16.7. The van der Waals surface area contributed by atoms with E-state index in [4.69, 9.17) is 38.3 Å². The first-order chi connectivity index (χ1) is 23.9. The van der Waals surface area contributed by atoms with Crippen molar-refractivity contribution in [2.75, 3.05) is 27.9 Å².